The molecule has 0 radical (unpaired) electrons. The van der Waals surface area contributed by atoms with Crippen LogP contribution < -0.4 is 10.6 Å². The Labute approximate surface area is 113 Å². The first kappa shape index (κ1) is 13.5. The molecule has 1 aliphatic carbocycles. The van der Waals surface area contributed by atoms with Gasteiger partial charge in [-0.1, -0.05) is 13.3 Å². The standard InChI is InChI=1S/C13H22N4S/c1-3-8-14-13-15-9-7-12(17-13)16-10-5-4-6-11(10)18-2/h7,9-11H,3-6,8H2,1-2H3,(H2,14,15,16,17). The summed E-state index contributed by atoms with van der Waals surface area (Å²) in [6.45, 7) is 3.05. The van der Waals surface area contributed by atoms with Crippen LogP contribution in [0.25, 0.3) is 0 Å². The summed E-state index contributed by atoms with van der Waals surface area (Å²) in [5.41, 5.74) is 0. The maximum absolute atomic E-state index is 4.50. The normalized spacial score (nSPS) is 23.0. The Kier molecular flexibility index (Phi) is 5.11. The number of anilines is 2. The van der Waals surface area contributed by atoms with E-state index in [2.05, 4.69) is 33.8 Å². The van der Waals surface area contributed by atoms with E-state index in [0.29, 0.717) is 11.3 Å². The summed E-state index contributed by atoms with van der Waals surface area (Å²) in [4.78, 5) is 8.72. The van der Waals surface area contributed by atoms with Gasteiger partial charge in [-0.25, -0.2) is 4.98 Å². The zero-order valence-electron chi connectivity index (χ0n) is 11.1. The Balaban J connectivity index is 1.96. The van der Waals surface area contributed by atoms with Crippen LogP contribution in [-0.4, -0.2) is 34.1 Å². The molecule has 4 nitrogen and oxygen atoms in total. The lowest BCUT2D eigenvalue weighted by molar-refractivity contribution is 0.762. The van der Waals surface area contributed by atoms with Gasteiger partial charge < -0.3 is 10.6 Å². The molecule has 0 saturated heterocycles. The Morgan fingerprint density at radius 1 is 1.44 bits per heavy atom. The smallest absolute Gasteiger partial charge is 0.224 e. The molecule has 1 heterocycles. The van der Waals surface area contributed by atoms with Crippen LogP contribution in [0.5, 0.6) is 0 Å². The van der Waals surface area contributed by atoms with E-state index in [1.165, 1.54) is 19.3 Å². The fraction of sp³-hybridized carbons (Fsp3) is 0.692. The van der Waals surface area contributed by atoms with Gasteiger partial charge in [0.05, 0.1) is 0 Å². The molecule has 0 spiro atoms. The van der Waals surface area contributed by atoms with Gasteiger partial charge in [-0.15, -0.1) is 0 Å². The summed E-state index contributed by atoms with van der Waals surface area (Å²) >= 11 is 1.96. The van der Waals surface area contributed by atoms with E-state index in [0.717, 1.165) is 24.7 Å². The summed E-state index contributed by atoms with van der Waals surface area (Å²) in [6.07, 6.45) is 8.96. The molecule has 2 rings (SSSR count). The van der Waals surface area contributed by atoms with Gasteiger partial charge in [0.25, 0.3) is 0 Å². The van der Waals surface area contributed by atoms with E-state index in [1.54, 1.807) is 0 Å². The minimum absolute atomic E-state index is 0.550. The molecule has 0 aliphatic heterocycles. The van der Waals surface area contributed by atoms with Crippen LogP contribution in [0.4, 0.5) is 11.8 Å². The molecule has 1 aromatic heterocycles. The SMILES string of the molecule is CCCNc1nccc(NC2CCCC2SC)n1. The first-order valence-corrected chi connectivity index (χ1v) is 7.98. The van der Waals surface area contributed by atoms with Crippen LogP contribution in [-0.2, 0) is 0 Å². The number of hydrogen-bond acceptors (Lipinski definition) is 5. The Bertz CT molecular complexity index is 372. The monoisotopic (exact) mass is 266 g/mol. The average molecular weight is 266 g/mol. The number of rotatable bonds is 6. The van der Waals surface area contributed by atoms with Crippen molar-refractivity contribution in [1.82, 2.24) is 9.97 Å². The molecular weight excluding hydrogens is 244 g/mol. The van der Waals surface area contributed by atoms with Crippen LogP contribution in [0.3, 0.4) is 0 Å². The van der Waals surface area contributed by atoms with Crippen molar-refractivity contribution in [3.63, 3.8) is 0 Å². The molecule has 0 aromatic carbocycles. The van der Waals surface area contributed by atoms with Crippen molar-refractivity contribution >= 4 is 23.5 Å². The van der Waals surface area contributed by atoms with Crippen molar-refractivity contribution in [2.75, 3.05) is 23.4 Å². The number of thioether (sulfide) groups is 1. The molecule has 2 unspecified atom stereocenters. The topological polar surface area (TPSA) is 49.8 Å². The summed E-state index contributed by atoms with van der Waals surface area (Å²) in [6, 6.07) is 2.50. The molecular formula is C13H22N4S. The van der Waals surface area contributed by atoms with Crippen LogP contribution in [0, 0.1) is 0 Å². The van der Waals surface area contributed by atoms with Crippen molar-refractivity contribution in [1.29, 1.82) is 0 Å². The number of aromatic nitrogens is 2. The Morgan fingerprint density at radius 3 is 3.11 bits per heavy atom. The van der Waals surface area contributed by atoms with Crippen molar-refractivity contribution in [2.24, 2.45) is 0 Å². The van der Waals surface area contributed by atoms with E-state index in [4.69, 9.17) is 0 Å². The third-order valence-electron chi connectivity index (χ3n) is 3.28. The molecule has 0 amide bonds. The predicted molar refractivity (Wildman–Crippen MR) is 79.4 cm³/mol. The number of nitrogens with one attached hydrogen (secondary N) is 2. The number of nitrogens with zero attached hydrogens (tertiary/aromatic N) is 2. The summed E-state index contributed by atoms with van der Waals surface area (Å²) < 4.78 is 0. The molecule has 18 heavy (non-hydrogen) atoms. The van der Waals surface area contributed by atoms with E-state index < -0.39 is 0 Å². The molecule has 2 atom stereocenters. The second kappa shape index (κ2) is 6.83. The van der Waals surface area contributed by atoms with Crippen LogP contribution in [0.15, 0.2) is 12.3 Å². The lowest BCUT2D eigenvalue weighted by atomic mass is 10.2. The van der Waals surface area contributed by atoms with Crippen LogP contribution in [0.2, 0.25) is 0 Å². The Morgan fingerprint density at radius 2 is 2.33 bits per heavy atom. The summed E-state index contributed by atoms with van der Waals surface area (Å²) in [5, 5.41) is 7.48. The first-order chi connectivity index (χ1) is 8.83. The van der Waals surface area contributed by atoms with Crippen molar-refractivity contribution in [3.8, 4) is 0 Å². The lowest BCUT2D eigenvalue weighted by Gasteiger charge is -2.19. The van der Waals surface area contributed by atoms with Crippen molar-refractivity contribution in [2.45, 2.75) is 43.9 Å². The van der Waals surface area contributed by atoms with Crippen LogP contribution >= 0.6 is 11.8 Å². The molecule has 5 heteroatoms. The third kappa shape index (κ3) is 3.51. The van der Waals surface area contributed by atoms with Gasteiger partial charge in [-0.3, -0.25) is 0 Å². The second-order valence-corrected chi connectivity index (χ2v) is 5.73. The molecule has 100 valence electrons. The quantitative estimate of drug-likeness (QED) is 0.829. The first-order valence-electron chi connectivity index (χ1n) is 6.69. The zero-order valence-corrected chi connectivity index (χ0v) is 12.0. The lowest BCUT2D eigenvalue weighted by Crippen LogP contribution is -2.26. The second-order valence-electron chi connectivity index (χ2n) is 4.65. The van der Waals surface area contributed by atoms with Gasteiger partial charge in [0, 0.05) is 24.0 Å². The van der Waals surface area contributed by atoms with Crippen molar-refractivity contribution in [3.05, 3.63) is 12.3 Å². The van der Waals surface area contributed by atoms with Gasteiger partial charge in [-0.05, 0) is 31.6 Å². The van der Waals surface area contributed by atoms with Gasteiger partial charge >= 0.3 is 0 Å². The fourth-order valence-electron chi connectivity index (χ4n) is 2.32. The van der Waals surface area contributed by atoms with Gasteiger partial charge in [0.15, 0.2) is 0 Å². The third-order valence-corrected chi connectivity index (χ3v) is 4.45. The molecule has 1 saturated carbocycles. The molecule has 0 bridgehead atoms. The maximum Gasteiger partial charge on any atom is 0.224 e. The minimum atomic E-state index is 0.550. The van der Waals surface area contributed by atoms with E-state index in [9.17, 15) is 0 Å². The highest BCUT2D eigenvalue weighted by Crippen LogP contribution is 2.30. The highest BCUT2D eigenvalue weighted by molar-refractivity contribution is 7.99. The predicted octanol–water partition coefficient (Wildman–Crippen LogP) is 2.99. The molecule has 1 aliphatic rings. The van der Waals surface area contributed by atoms with Crippen molar-refractivity contribution < 1.29 is 0 Å². The van der Waals surface area contributed by atoms with E-state index in [1.807, 2.05) is 24.0 Å². The maximum atomic E-state index is 4.50. The van der Waals surface area contributed by atoms with Gasteiger partial charge in [0.1, 0.15) is 5.82 Å². The highest BCUT2D eigenvalue weighted by atomic mass is 32.2. The molecule has 2 N–H and O–H groups in total. The Hall–Kier alpha value is -0.970. The largest absolute Gasteiger partial charge is 0.366 e. The van der Waals surface area contributed by atoms with E-state index >= 15 is 0 Å². The van der Waals surface area contributed by atoms with E-state index in [-0.39, 0.29) is 0 Å². The van der Waals surface area contributed by atoms with Gasteiger partial charge in [-0.2, -0.15) is 16.7 Å². The van der Waals surface area contributed by atoms with Gasteiger partial charge in [0.2, 0.25) is 5.95 Å². The molecule has 1 fully saturated rings. The van der Waals surface area contributed by atoms with Crippen LogP contribution in [0.1, 0.15) is 32.6 Å². The summed E-state index contributed by atoms with van der Waals surface area (Å²) in [7, 11) is 0. The minimum Gasteiger partial charge on any atom is -0.366 e. The molecule has 1 aromatic rings. The highest BCUT2D eigenvalue weighted by Gasteiger charge is 2.26. The zero-order chi connectivity index (χ0) is 12.8. The number of hydrogen-bond donors (Lipinski definition) is 2. The fourth-order valence-corrected chi connectivity index (χ4v) is 3.26. The summed E-state index contributed by atoms with van der Waals surface area (Å²) in [5.74, 6) is 1.66. The average Bonchev–Trinajstić information content (AvgIpc) is 2.84.